The molecular weight excluding hydrogens is 202 g/mol. The van der Waals surface area contributed by atoms with Gasteiger partial charge < -0.3 is 20.1 Å². The number of imidazole rings is 1. The molecule has 14 heavy (non-hydrogen) atoms. The highest BCUT2D eigenvalue weighted by Crippen LogP contribution is 2.18. The number of H-pyrrole nitrogens is 3. The number of aromatic nitrogens is 3. The van der Waals surface area contributed by atoms with E-state index < -0.39 is 5.97 Å². The molecule has 2 aromatic heterocycles. The lowest BCUT2D eigenvalue weighted by Crippen LogP contribution is -1.99. The van der Waals surface area contributed by atoms with E-state index in [9.17, 15) is 4.79 Å². The monoisotopic (exact) mass is 209 g/mol. The summed E-state index contributed by atoms with van der Waals surface area (Å²) in [6.07, 6.45) is 1.71. The predicted octanol–water partition coefficient (Wildman–Crippen LogP) is 1.77. The summed E-state index contributed by atoms with van der Waals surface area (Å²) >= 11 is 4.83. The minimum atomic E-state index is -1.04. The van der Waals surface area contributed by atoms with Gasteiger partial charge in [0.1, 0.15) is 0 Å². The number of carbonyl (C=O) groups is 1. The van der Waals surface area contributed by atoms with Crippen molar-refractivity contribution in [2.45, 2.75) is 0 Å². The number of aromatic amines is 3. The second-order valence-electron chi connectivity index (χ2n) is 2.72. The zero-order valence-corrected chi connectivity index (χ0v) is 7.81. The first-order valence-electron chi connectivity index (χ1n) is 3.88. The Kier molecular flexibility index (Phi) is 1.97. The van der Waals surface area contributed by atoms with E-state index in [1.54, 1.807) is 18.3 Å². The van der Waals surface area contributed by atoms with E-state index in [4.69, 9.17) is 17.3 Å². The minimum absolute atomic E-state index is 0.0671. The van der Waals surface area contributed by atoms with E-state index >= 15 is 0 Å². The summed E-state index contributed by atoms with van der Waals surface area (Å²) in [5.74, 6) is -1.04. The molecule has 0 bridgehead atoms. The Balaban J connectivity index is 2.63. The first kappa shape index (κ1) is 8.76. The van der Waals surface area contributed by atoms with Gasteiger partial charge in [-0.3, -0.25) is 0 Å². The Morgan fingerprint density at radius 3 is 2.79 bits per heavy atom. The van der Waals surface area contributed by atoms with Gasteiger partial charge in [0.25, 0.3) is 0 Å². The fourth-order valence-corrected chi connectivity index (χ4v) is 1.44. The minimum Gasteiger partial charge on any atom is -0.477 e. The van der Waals surface area contributed by atoms with Crippen LogP contribution in [0.25, 0.3) is 11.4 Å². The highest BCUT2D eigenvalue weighted by atomic mass is 32.1. The lowest BCUT2D eigenvalue weighted by molar-refractivity contribution is 0.0692. The number of rotatable bonds is 2. The van der Waals surface area contributed by atoms with Crippen LogP contribution in [0.1, 0.15) is 10.5 Å². The molecule has 5 nitrogen and oxygen atoms in total. The van der Waals surface area contributed by atoms with Crippen LogP contribution in [0.15, 0.2) is 18.3 Å². The third-order valence-electron chi connectivity index (χ3n) is 1.81. The van der Waals surface area contributed by atoms with Crippen molar-refractivity contribution in [2.24, 2.45) is 0 Å². The summed E-state index contributed by atoms with van der Waals surface area (Å²) in [5, 5.41) is 8.87. The Bertz CT molecular complexity index is 509. The Hall–Kier alpha value is -1.82. The maximum absolute atomic E-state index is 10.8. The second-order valence-corrected chi connectivity index (χ2v) is 3.13. The van der Waals surface area contributed by atoms with E-state index in [2.05, 4.69) is 15.0 Å². The van der Waals surface area contributed by atoms with Crippen LogP contribution in [0, 0.1) is 4.77 Å². The van der Waals surface area contributed by atoms with Crippen LogP contribution in [-0.2, 0) is 0 Å². The van der Waals surface area contributed by atoms with Crippen molar-refractivity contribution in [3.63, 3.8) is 0 Å². The smallest absolute Gasteiger partial charge is 0.354 e. The van der Waals surface area contributed by atoms with Crippen LogP contribution >= 0.6 is 12.2 Å². The molecule has 0 aromatic carbocycles. The zero-order chi connectivity index (χ0) is 10.1. The van der Waals surface area contributed by atoms with Gasteiger partial charge >= 0.3 is 5.97 Å². The topological polar surface area (TPSA) is 84.7 Å². The number of carboxylic acid groups (broad SMARTS) is 1. The molecule has 72 valence electrons. The Labute approximate surface area is 83.8 Å². The standard InChI is InChI=1S/C8H7N3O2S/c12-7(13)6-5(10-8(14)11-6)4-2-1-3-9-4/h1-3,9H,(H,12,13)(H2,10,11,14). The molecule has 2 aromatic rings. The molecule has 0 saturated heterocycles. The molecule has 0 spiro atoms. The first-order valence-corrected chi connectivity index (χ1v) is 4.28. The van der Waals surface area contributed by atoms with Gasteiger partial charge in [-0.2, -0.15) is 0 Å². The highest BCUT2D eigenvalue weighted by Gasteiger charge is 2.14. The molecule has 6 heteroatoms. The first-order chi connectivity index (χ1) is 6.68. The van der Waals surface area contributed by atoms with Crippen LogP contribution in [-0.4, -0.2) is 26.0 Å². The lowest BCUT2D eigenvalue weighted by Gasteiger charge is -1.94. The maximum atomic E-state index is 10.8. The van der Waals surface area contributed by atoms with Crippen molar-refractivity contribution in [1.82, 2.24) is 15.0 Å². The van der Waals surface area contributed by atoms with Crippen LogP contribution in [0.5, 0.6) is 0 Å². The molecule has 0 fully saturated rings. The average Bonchev–Trinajstić information content (AvgIpc) is 2.70. The van der Waals surface area contributed by atoms with Crippen molar-refractivity contribution in [3.8, 4) is 11.4 Å². The van der Waals surface area contributed by atoms with Crippen molar-refractivity contribution < 1.29 is 9.90 Å². The van der Waals surface area contributed by atoms with Crippen LogP contribution < -0.4 is 0 Å². The van der Waals surface area contributed by atoms with Crippen molar-refractivity contribution in [2.75, 3.05) is 0 Å². The molecule has 0 atom stereocenters. The zero-order valence-electron chi connectivity index (χ0n) is 7.00. The third kappa shape index (κ3) is 1.35. The van der Waals surface area contributed by atoms with Gasteiger partial charge in [-0.05, 0) is 24.4 Å². The molecule has 0 radical (unpaired) electrons. The van der Waals surface area contributed by atoms with Crippen LogP contribution in [0.3, 0.4) is 0 Å². The molecule has 0 aliphatic carbocycles. The largest absolute Gasteiger partial charge is 0.477 e. The summed E-state index contributed by atoms with van der Waals surface area (Å²) in [5.41, 5.74) is 1.22. The van der Waals surface area contributed by atoms with E-state index in [1.807, 2.05) is 0 Å². The van der Waals surface area contributed by atoms with Crippen LogP contribution in [0.2, 0.25) is 0 Å². The molecule has 0 aliphatic rings. The van der Waals surface area contributed by atoms with E-state index in [0.717, 1.165) is 0 Å². The fourth-order valence-electron chi connectivity index (χ4n) is 1.23. The van der Waals surface area contributed by atoms with Gasteiger partial charge in [-0.15, -0.1) is 0 Å². The quantitative estimate of drug-likeness (QED) is 0.568. The molecular formula is C8H7N3O2S. The van der Waals surface area contributed by atoms with Gasteiger partial charge in [-0.25, -0.2) is 4.79 Å². The van der Waals surface area contributed by atoms with Crippen molar-refractivity contribution in [3.05, 3.63) is 28.8 Å². The van der Waals surface area contributed by atoms with E-state index in [0.29, 0.717) is 16.2 Å². The van der Waals surface area contributed by atoms with Gasteiger partial charge in [0, 0.05) is 6.20 Å². The number of hydrogen-bond donors (Lipinski definition) is 4. The number of nitrogens with one attached hydrogen (secondary N) is 3. The number of hydrogen-bond acceptors (Lipinski definition) is 2. The Morgan fingerprint density at radius 2 is 2.21 bits per heavy atom. The summed E-state index contributed by atoms with van der Waals surface area (Å²) in [4.78, 5) is 19.1. The summed E-state index contributed by atoms with van der Waals surface area (Å²) in [7, 11) is 0. The van der Waals surface area contributed by atoms with Crippen LogP contribution in [0.4, 0.5) is 0 Å². The normalized spacial score (nSPS) is 10.3. The van der Waals surface area contributed by atoms with E-state index in [-0.39, 0.29) is 5.69 Å². The SMILES string of the molecule is O=C(O)c1[nH]c(=S)[nH]c1-c1ccc[nH]1. The van der Waals surface area contributed by atoms with E-state index in [1.165, 1.54) is 0 Å². The highest BCUT2D eigenvalue weighted by molar-refractivity contribution is 7.71. The average molecular weight is 209 g/mol. The van der Waals surface area contributed by atoms with Gasteiger partial charge in [-0.1, -0.05) is 0 Å². The van der Waals surface area contributed by atoms with Crippen molar-refractivity contribution >= 4 is 18.2 Å². The molecule has 2 heterocycles. The fraction of sp³-hybridized carbons (Fsp3) is 0. The summed E-state index contributed by atoms with van der Waals surface area (Å²) in [6.45, 7) is 0. The molecule has 0 unspecified atom stereocenters. The lowest BCUT2D eigenvalue weighted by atomic mass is 10.2. The summed E-state index contributed by atoms with van der Waals surface area (Å²) < 4.78 is 0.298. The maximum Gasteiger partial charge on any atom is 0.354 e. The number of carboxylic acids is 1. The molecule has 0 amide bonds. The van der Waals surface area contributed by atoms with Gasteiger partial charge in [0.15, 0.2) is 10.5 Å². The third-order valence-corrected chi connectivity index (χ3v) is 2.01. The summed E-state index contributed by atoms with van der Waals surface area (Å²) in [6, 6.07) is 3.55. The second kappa shape index (κ2) is 3.15. The molecule has 4 N–H and O–H groups in total. The van der Waals surface area contributed by atoms with Gasteiger partial charge in [0.2, 0.25) is 0 Å². The predicted molar refractivity (Wildman–Crippen MR) is 52.7 cm³/mol. The molecule has 2 rings (SSSR count). The Morgan fingerprint density at radius 1 is 1.43 bits per heavy atom. The number of aromatic carboxylic acids is 1. The molecule has 0 saturated carbocycles. The van der Waals surface area contributed by atoms with Crippen molar-refractivity contribution in [1.29, 1.82) is 0 Å². The molecule has 0 aliphatic heterocycles. The van der Waals surface area contributed by atoms with Gasteiger partial charge in [0.05, 0.1) is 11.4 Å².